The summed E-state index contributed by atoms with van der Waals surface area (Å²) in [6.45, 7) is 12.9. The van der Waals surface area contributed by atoms with Crippen molar-refractivity contribution in [1.82, 2.24) is 63.7 Å². The van der Waals surface area contributed by atoms with Crippen LogP contribution in [0.15, 0.2) is 293 Å². The van der Waals surface area contributed by atoms with Gasteiger partial charge in [0.15, 0.2) is 0 Å². The molecule has 0 saturated heterocycles. The molecule has 15 aromatic rings. The minimum atomic E-state index is -0.677. The molecule has 499 valence electrons. The van der Waals surface area contributed by atoms with Crippen LogP contribution in [0.3, 0.4) is 0 Å². The zero-order valence-corrected chi connectivity index (χ0v) is 63.8. The molecule has 22 heteroatoms. The van der Waals surface area contributed by atoms with E-state index in [1.165, 1.54) is 22.0 Å². The van der Waals surface area contributed by atoms with Crippen LogP contribution < -0.4 is 0 Å². The Morgan fingerprint density at radius 3 is 1.54 bits per heavy atom. The van der Waals surface area contributed by atoms with E-state index in [-0.39, 0.29) is 112 Å². The van der Waals surface area contributed by atoms with Crippen molar-refractivity contribution >= 4 is 5.69 Å². The number of phenolic OH excluding ortho intramolecular Hbond substituents is 1. The number of hydrogen-bond donors (Lipinski definition) is 1. The Morgan fingerprint density at radius 2 is 1.01 bits per heavy atom. The fourth-order valence-electron chi connectivity index (χ4n) is 8.41. The molecule has 0 amide bonds. The summed E-state index contributed by atoms with van der Waals surface area (Å²) in [6, 6.07) is 87.0. The molecule has 0 aliphatic heterocycles. The Balaban J connectivity index is 0.000000239. The van der Waals surface area contributed by atoms with Crippen LogP contribution in [0.5, 0.6) is 5.75 Å². The van der Waals surface area contributed by atoms with E-state index in [1.807, 2.05) is 200 Å². The summed E-state index contributed by atoms with van der Waals surface area (Å²) in [6.07, 6.45) is 19.4. The first kappa shape index (κ1) is 80.0. The SMILES string of the molecule is Cc1c[c-]c(-c2ccccn2)cc1.Cc1cc(C)n(-c2[c-]cccc2)n1.Fc1c[c-]c(-n2cccn2)c(F)c1.Oc1ccccc1-n1cccn1.[C-]#[N+]c1cc[c-]c(-n2cccn2)c1.[Ir].[Ir].[Ir].[Ir].[Ir].[c-]1ccccc1-n1cc(-c2ccccc2)cn1.[c-]1ccccc1-n1cccn1. The zero-order chi connectivity index (χ0) is 64.1. The Bertz CT molecular complexity index is 4530. The van der Waals surface area contributed by atoms with Crippen molar-refractivity contribution < 1.29 is 114 Å². The van der Waals surface area contributed by atoms with Crippen molar-refractivity contribution in [3.05, 3.63) is 369 Å². The number of aromatic hydroxyl groups is 1. The maximum atomic E-state index is 13.1. The van der Waals surface area contributed by atoms with Gasteiger partial charge in [0.1, 0.15) is 11.4 Å². The molecular weight excluding hydrogens is 2110 g/mol. The van der Waals surface area contributed by atoms with Gasteiger partial charge in [-0.15, -0.1) is 71.8 Å². The summed E-state index contributed by atoms with van der Waals surface area (Å²) in [5.41, 5.74) is 12.8. The van der Waals surface area contributed by atoms with Crippen LogP contribution in [0.2, 0.25) is 0 Å². The van der Waals surface area contributed by atoms with Crippen LogP contribution >= 0.6 is 0 Å². The number of phenols is 1. The molecule has 0 fully saturated rings. The van der Waals surface area contributed by atoms with Crippen molar-refractivity contribution in [2.24, 2.45) is 0 Å². The topological polar surface area (TPSA) is 144 Å². The van der Waals surface area contributed by atoms with Gasteiger partial charge < -0.3 is 10.1 Å². The Morgan fingerprint density at radius 1 is 0.454 bits per heavy atom. The molecule has 1 N–H and O–H groups in total. The maximum Gasteiger partial charge on any atom is 0.141 e. The van der Waals surface area contributed by atoms with Gasteiger partial charge in [-0.1, -0.05) is 67.2 Å². The summed E-state index contributed by atoms with van der Waals surface area (Å²) in [7, 11) is 0. The molecule has 7 aromatic heterocycles. The molecule has 8 aromatic carbocycles. The summed E-state index contributed by atoms with van der Waals surface area (Å²) in [5, 5.41) is 34.1. The summed E-state index contributed by atoms with van der Waals surface area (Å²) in [5.74, 6) is -1.08. The standard InChI is InChI=1S/C15H11N2.C12H10N.C11H11N2.C10H6N3.C9H5F2N2.C9H8N2O.C9H7N2.5Ir/c1-3-7-13(8-4-1)14-11-16-17(12-14)15-9-5-2-6-10-15;1-10-5-7-11(8-6-10)12-4-2-3-9-13-12;1-9-8-10(2)13(12-9)11-6-4-3-5-7-11;1-11-9-4-2-5-10(8-9)13-7-3-6-12-13;10-7-2-3-9(8(11)6-7)13-5-1-4-12-13;12-9-5-2-1-4-8(9)11-7-3-6-10-11;1-2-5-9(6-3-1)11-8-4-7-10-11;;;;;/h1-9,11-12H;2-7,9H,1H3;3-6,8H,1-2H3;2-4,6-8H;1-2,4-6H;1-7,12H;1-5,7-8H;;;;;/q5*-1;;-1;;;;;. The monoisotopic (exact) mass is 2170 g/mol. The molecule has 0 bridgehead atoms. The average molecular weight is 2170 g/mol. The quantitative estimate of drug-likeness (QED) is 0.148. The number of benzene rings is 8. The van der Waals surface area contributed by atoms with Crippen LogP contribution in [0, 0.1) is 75.4 Å². The second-order valence-electron chi connectivity index (χ2n) is 19.5. The number of para-hydroxylation sites is 5. The van der Waals surface area contributed by atoms with E-state index in [0.29, 0.717) is 11.4 Å². The minimum absolute atomic E-state index is 0. The van der Waals surface area contributed by atoms with Crippen LogP contribution in [0.1, 0.15) is 17.0 Å². The number of hydrogen-bond acceptors (Lipinski definition) is 8. The third-order valence-corrected chi connectivity index (χ3v) is 12.8. The predicted octanol–water partition coefficient (Wildman–Crippen LogP) is 15.9. The van der Waals surface area contributed by atoms with Gasteiger partial charge in [0.2, 0.25) is 0 Å². The Hall–Kier alpha value is -9.43. The van der Waals surface area contributed by atoms with E-state index in [1.54, 1.807) is 87.6 Å². The van der Waals surface area contributed by atoms with Gasteiger partial charge in [0.05, 0.1) is 24.2 Å². The summed E-state index contributed by atoms with van der Waals surface area (Å²) < 4.78 is 35.7. The van der Waals surface area contributed by atoms with Gasteiger partial charge in [-0.3, -0.25) is 37.0 Å². The van der Waals surface area contributed by atoms with Crippen LogP contribution in [0.25, 0.3) is 61.4 Å². The molecule has 0 unspecified atom stereocenters. The van der Waals surface area contributed by atoms with E-state index < -0.39 is 11.6 Å². The second-order valence-corrected chi connectivity index (χ2v) is 19.5. The van der Waals surface area contributed by atoms with Crippen LogP contribution in [0.4, 0.5) is 14.5 Å². The molecule has 5 radical (unpaired) electrons. The molecule has 0 aliphatic carbocycles. The Kier molecular flexibility index (Phi) is 35.4. The van der Waals surface area contributed by atoms with Crippen LogP contribution in [-0.2, 0) is 101 Å². The van der Waals surface area contributed by atoms with E-state index in [4.69, 9.17) is 6.57 Å². The predicted molar refractivity (Wildman–Crippen MR) is 352 cm³/mol. The van der Waals surface area contributed by atoms with E-state index in [0.717, 1.165) is 63.1 Å². The van der Waals surface area contributed by atoms with Crippen molar-refractivity contribution in [1.29, 1.82) is 0 Å². The largest absolute Gasteiger partial charge is 0.506 e. The second kappa shape index (κ2) is 42.9. The van der Waals surface area contributed by atoms with Crippen molar-refractivity contribution in [2.75, 3.05) is 0 Å². The number of pyridine rings is 1. The normalized spacial score (nSPS) is 9.53. The van der Waals surface area contributed by atoms with Crippen LogP contribution in [-0.4, -0.2) is 68.8 Å². The molecule has 97 heavy (non-hydrogen) atoms. The molecular formula is C75H58F2Ir5N14O-6. The Labute approximate surface area is 630 Å². The zero-order valence-electron chi connectivity index (χ0n) is 51.8. The average Bonchev–Trinajstić information content (AvgIpc) is 1.87. The fraction of sp³-hybridized carbons (Fsp3) is 0.0400. The number of rotatable bonds is 8. The van der Waals surface area contributed by atoms with Gasteiger partial charge in [-0.05, 0) is 96.4 Å². The number of halogens is 2. The number of nitrogens with zero attached hydrogens (tertiary/aromatic N) is 14. The molecule has 0 atom stereocenters. The van der Waals surface area contributed by atoms with E-state index >= 15 is 0 Å². The first-order valence-electron chi connectivity index (χ1n) is 28.6. The van der Waals surface area contributed by atoms with Gasteiger partial charge in [-0.25, -0.2) is 4.68 Å². The third kappa shape index (κ3) is 24.9. The van der Waals surface area contributed by atoms with Gasteiger partial charge in [0, 0.05) is 185 Å². The van der Waals surface area contributed by atoms with Gasteiger partial charge >= 0.3 is 0 Å². The fourth-order valence-corrected chi connectivity index (χ4v) is 8.41. The maximum absolute atomic E-state index is 13.1. The number of aromatic nitrogens is 13. The molecule has 0 aliphatic rings. The molecule has 15 nitrogen and oxygen atoms in total. The summed E-state index contributed by atoms with van der Waals surface area (Å²) in [4.78, 5) is 7.58. The van der Waals surface area contributed by atoms with Gasteiger partial charge in [0.25, 0.3) is 0 Å². The van der Waals surface area contributed by atoms with Gasteiger partial charge in [-0.2, -0.15) is 128 Å². The first-order chi connectivity index (χ1) is 45.1. The first-order valence-corrected chi connectivity index (χ1v) is 28.6. The van der Waals surface area contributed by atoms with Crippen molar-refractivity contribution in [3.63, 3.8) is 0 Å². The van der Waals surface area contributed by atoms with Crippen molar-refractivity contribution in [3.8, 4) is 62.3 Å². The third-order valence-electron chi connectivity index (χ3n) is 12.8. The number of aryl methyl sites for hydroxylation is 3. The molecule has 7 heterocycles. The molecule has 15 rings (SSSR count). The van der Waals surface area contributed by atoms with E-state index in [2.05, 4.69) is 108 Å². The van der Waals surface area contributed by atoms with Crippen molar-refractivity contribution in [2.45, 2.75) is 20.8 Å². The minimum Gasteiger partial charge on any atom is -0.506 e. The summed E-state index contributed by atoms with van der Waals surface area (Å²) >= 11 is 0. The molecule has 0 saturated carbocycles. The van der Waals surface area contributed by atoms with E-state index in [9.17, 15) is 13.9 Å². The smallest absolute Gasteiger partial charge is 0.141 e. The molecule has 0 spiro atoms.